The van der Waals surface area contributed by atoms with Crippen LogP contribution in [0, 0.1) is 0 Å². The van der Waals surface area contributed by atoms with Crippen molar-refractivity contribution in [2.24, 2.45) is 0 Å². The Kier molecular flexibility index (Phi) is 6.11. The van der Waals surface area contributed by atoms with Gasteiger partial charge in [0.1, 0.15) is 5.75 Å². The Morgan fingerprint density at radius 2 is 1.61 bits per heavy atom. The standard InChI is InChI=1S/C24H27N3O4/c1-27(17-12-20(28-2)24(30-4)21(13-17)29-3)22-14-25-15-23(26-22)31-19-11-7-9-16-8-5-6-10-18(16)19/h7,9,11-15H,5-6,8,10H2,1-4H3. The highest BCUT2D eigenvalue weighted by molar-refractivity contribution is 5.68. The fourth-order valence-electron chi connectivity index (χ4n) is 3.90. The van der Waals surface area contributed by atoms with Crippen LogP contribution in [0.5, 0.6) is 28.9 Å². The van der Waals surface area contributed by atoms with Gasteiger partial charge in [0.15, 0.2) is 17.3 Å². The molecule has 3 aromatic rings. The van der Waals surface area contributed by atoms with E-state index in [0.717, 1.165) is 24.3 Å². The molecule has 1 heterocycles. The van der Waals surface area contributed by atoms with Gasteiger partial charge in [-0.15, -0.1) is 0 Å². The van der Waals surface area contributed by atoms with Crippen LogP contribution < -0.4 is 23.8 Å². The van der Waals surface area contributed by atoms with E-state index in [4.69, 9.17) is 18.9 Å². The summed E-state index contributed by atoms with van der Waals surface area (Å²) < 4.78 is 22.5. The van der Waals surface area contributed by atoms with E-state index in [1.54, 1.807) is 33.7 Å². The number of rotatable bonds is 7. The number of benzene rings is 2. The summed E-state index contributed by atoms with van der Waals surface area (Å²) in [6, 6.07) is 9.95. The monoisotopic (exact) mass is 421 g/mol. The second-order valence-electron chi connectivity index (χ2n) is 7.36. The Bertz CT molecular complexity index is 1050. The Morgan fingerprint density at radius 3 is 2.32 bits per heavy atom. The largest absolute Gasteiger partial charge is 0.493 e. The molecule has 31 heavy (non-hydrogen) atoms. The fraction of sp³-hybridized carbons (Fsp3) is 0.333. The van der Waals surface area contributed by atoms with Crippen LogP contribution in [-0.2, 0) is 12.8 Å². The lowest BCUT2D eigenvalue weighted by Crippen LogP contribution is -2.12. The molecule has 2 aromatic carbocycles. The van der Waals surface area contributed by atoms with Crippen molar-refractivity contribution in [1.29, 1.82) is 0 Å². The van der Waals surface area contributed by atoms with E-state index in [2.05, 4.69) is 16.0 Å². The molecule has 162 valence electrons. The minimum atomic E-state index is 0.454. The van der Waals surface area contributed by atoms with Crippen molar-refractivity contribution in [3.63, 3.8) is 0 Å². The summed E-state index contributed by atoms with van der Waals surface area (Å²) in [7, 11) is 6.67. The summed E-state index contributed by atoms with van der Waals surface area (Å²) in [5, 5.41) is 0. The van der Waals surface area contributed by atoms with Gasteiger partial charge in [-0.3, -0.25) is 4.98 Å². The van der Waals surface area contributed by atoms with Crippen molar-refractivity contribution >= 4 is 11.5 Å². The van der Waals surface area contributed by atoms with Gasteiger partial charge in [-0.05, 0) is 42.9 Å². The average Bonchev–Trinajstić information content (AvgIpc) is 2.83. The lowest BCUT2D eigenvalue weighted by Gasteiger charge is -2.22. The van der Waals surface area contributed by atoms with Gasteiger partial charge in [0.25, 0.3) is 0 Å². The molecular formula is C24H27N3O4. The Labute approximate surface area is 182 Å². The maximum atomic E-state index is 6.16. The first kappa shape index (κ1) is 20.8. The number of hydrogen-bond donors (Lipinski definition) is 0. The summed E-state index contributed by atoms with van der Waals surface area (Å²) in [5.41, 5.74) is 3.46. The molecule has 0 radical (unpaired) electrons. The molecule has 0 amide bonds. The second-order valence-corrected chi connectivity index (χ2v) is 7.36. The van der Waals surface area contributed by atoms with E-state index in [9.17, 15) is 0 Å². The van der Waals surface area contributed by atoms with E-state index in [1.165, 1.54) is 24.0 Å². The first-order valence-corrected chi connectivity index (χ1v) is 10.3. The van der Waals surface area contributed by atoms with Gasteiger partial charge < -0.3 is 23.8 Å². The van der Waals surface area contributed by atoms with Crippen LogP contribution in [0.1, 0.15) is 24.0 Å². The van der Waals surface area contributed by atoms with Gasteiger partial charge in [-0.2, -0.15) is 4.98 Å². The number of aryl methyl sites for hydroxylation is 1. The molecule has 1 aliphatic carbocycles. The van der Waals surface area contributed by atoms with E-state index >= 15 is 0 Å². The number of fused-ring (bicyclic) bond motifs is 1. The molecule has 0 fully saturated rings. The molecule has 7 heteroatoms. The molecule has 0 saturated carbocycles. The predicted molar refractivity (Wildman–Crippen MR) is 119 cm³/mol. The third-order valence-corrected chi connectivity index (χ3v) is 5.55. The molecule has 0 aliphatic heterocycles. The van der Waals surface area contributed by atoms with Gasteiger partial charge in [0.2, 0.25) is 11.6 Å². The second kappa shape index (κ2) is 9.12. The van der Waals surface area contributed by atoms with Gasteiger partial charge in [-0.1, -0.05) is 12.1 Å². The van der Waals surface area contributed by atoms with Gasteiger partial charge in [0, 0.05) is 24.9 Å². The lowest BCUT2D eigenvalue weighted by atomic mass is 9.91. The first-order chi connectivity index (χ1) is 15.1. The summed E-state index contributed by atoms with van der Waals surface area (Å²) >= 11 is 0. The number of methoxy groups -OCH3 is 3. The third-order valence-electron chi connectivity index (χ3n) is 5.55. The summed E-state index contributed by atoms with van der Waals surface area (Å²) in [5.74, 6) is 3.63. The molecule has 7 nitrogen and oxygen atoms in total. The third kappa shape index (κ3) is 4.21. The van der Waals surface area contributed by atoms with Crippen molar-refractivity contribution in [1.82, 2.24) is 9.97 Å². The number of ether oxygens (including phenoxy) is 4. The smallest absolute Gasteiger partial charge is 0.239 e. The van der Waals surface area contributed by atoms with Crippen molar-refractivity contribution in [2.75, 3.05) is 33.3 Å². The highest BCUT2D eigenvalue weighted by Crippen LogP contribution is 2.42. The first-order valence-electron chi connectivity index (χ1n) is 10.3. The SMILES string of the molecule is COc1cc(N(C)c2cncc(Oc3cccc4c3CCCC4)n2)cc(OC)c1OC. The van der Waals surface area contributed by atoms with Gasteiger partial charge in [0.05, 0.1) is 33.7 Å². The quantitative estimate of drug-likeness (QED) is 0.535. The molecule has 0 bridgehead atoms. The minimum absolute atomic E-state index is 0.454. The van der Waals surface area contributed by atoms with Crippen LogP contribution in [-0.4, -0.2) is 38.3 Å². The maximum Gasteiger partial charge on any atom is 0.239 e. The van der Waals surface area contributed by atoms with Crippen molar-refractivity contribution in [3.8, 4) is 28.9 Å². The van der Waals surface area contributed by atoms with Crippen LogP contribution in [0.25, 0.3) is 0 Å². The normalized spacial score (nSPS) is 12.6. The highest BCUT2D eigenvalue weighted by Gasteiger charge is 2.18. The predicted octanol–water partition coefficient (Wildman–Crippen LogP) is 4.94. The maximum absolute atomic E-state index is 6.16. The van der Waals surface area contributed by atoms with Crippen LogP contribution in [0.4, 0.5) is 11.5 Å². The van der Waals surface area contributed by atoms with Gasteiger partial charge in [-0.25, -0.2) is 0 Å². The lowest BCUT2D eigenvalue weighted by molar-refractivity contribution is 0.324. The van der Waals surface area contributed by atoms with Crippen LogP contribution in [0.2, 0.25) is 0 Å². The number of hydrogen-bond acceptors (Lipinski definition) is 7. The molecule has 1 aromatic heterocycles. The molecule has 0 atom stereocenters. The van der Waals surface area contributed by atoms with Crippen LogP contribution in [0.3, 0.4) is 0 Å². The van der Waals surface area contributed by atoms with E-state index in [1.807, 2.05) is 36.2 Å². The summed E-state index contributed by atoms with van der Waals surface area (Å²) in [6.07, 6.45) is 7.87. The van der Waals surface area contributed by atoms with Crippen LogP contribution in [0.15, 0.2) is 42.7 Å². The molecule has 4 rings (SSSR count). The van der Waals surface area contributed by atoms with E-state index in [0.29, 0.717) is 28.9 Å². The zero-order valence-corrected chi connectivity index (χ0v) is 18.3. The van der Waals surface area contributed by atoms with E-state index in [-0.39, 0.29) is 0 Å². The highest BCUT2D eigenvalue weighted by atomic mass is 16.5. The number of nitrogens with zero attached hydrogens (tertiary/aromatic N) is 3. The zero-order chi connectivity index (χ0) is 21.8. The summed E-state index contributed by atoms with van der Waals surface area (Å²) in [4.78, 5) is 10.9. The van der Waals surface area contributed by atoms with Crippen molar-refractivity contribution in [3.05, 3.63) is 53.9 Å². The Morgan fingerprint density at radius 1 is 0.871 bits per heavy atom. The van der Waals surface area contributed by atoms with Crippen LogP contribution >= 0.6 is 0 Å². The minimum Gasteiger partial charge on any atom is -0.493 e. The molecular weight excluding hydrogens is 394 g/mol. The molecule has 1 aliphatic rings. The van der Waals surface area contributed by atoms with Gasteiger partial charge >= 0.3 is 0 Å². The topological polar surface area (TPSA) is 65.9 Å². The Hall–Kier alpha value is -3.48. The molecule has 0 saturated heterocycles. The number of aromatic nitrogens is 2. The van der Waals surface area contributed by atoms with Crippen molar-refractivity contribution < 1.29 is 18.9 Å². The number of anilines is 2. The summed E-state index contributed by atoms with van der Waals surface area (Å²) in [6.45, 7) is 0. The zero-order valence-electron chi connectivity index (χ0n) is 18.3. The molecule has 0 N–H and O–H groups in total. The van der Waals surface area contributed by atoms with E-state index < -0.39 is 0 Å². The Balaban J connectivity index is 1.63. The average molecular weight is 421 g/mol. The molecule has 0 spiro atoms. The molecule has 0 unspecified atom stereocenters. The van der Waals surface area contributed by atoms with Crippen molar-refractivity contribution in [2.45, 2.75) is 25.7 Å². The fourth-order valence-corrected chi connectivity index (χ4v) is 3.90.